The zero-order valence-electron chi connectivity index (χ0n) is 17.2. The quantitative estimate of drug-likeness (QED) is 0.298. The van der Waals surface area contributed by atoms with Crippen LogP contribution >= 0.6 is 24.0 Å². The molecule has 2 N–H and O–H groups in total. The molecule has 0 radical (unpaired) electrons. The molecular weight excluding hydrogens is 524 g/mol. The van der Waals surface area contributed by atoms with E-state index in [1.807, 2.05) is 12.1 Å². The molecule has 1 fully saturated rings. The summed E-state index contributed by atoms with van der Waals surface area (Å²) in [5.74, 6) is 1.49. The van der Waals surface area contributed by atoms with Crippen LogP contribution in [0, 0.1) is 0 Å². The van der Waals surface area contributed by atoms with E-state index in [1.54, 1.807) is 6.26 Å². The van der Waals surface area contributed by atoms with Gasteiger partial charge in [-0.25, -0.2) is 4.99 Å². The highest BCUT2D eigenvalue weighted by Crippen LogP contribution is 2.29. The first-order valence-corrected chi connectivity index (χ1v) is 10.0. The Morgan fingerprint density at radius 1 is 1.03 bits per heavy atom. The van der Waals surface area contributed by atoms with E-state index in [0.717, 1.165) is 50.7 Å². The summed E-state index contributed by atoms with van der Waals surface area (Å²) in [6, 6.07) is 8.84. The first-order chi connectivity index (χ1) is 14.5. The van der Waals surface area contributed by atoms with Crippen molar-refractivity contribution in [2.24, 2.45) is 4.99 Å². The van der Waals surface area contributed by atoms with E-state index in [0.29, 0.717) is 31.0 Å². The van der Waals surface area contributed by atoms with Gasteiger partial charge >= 0.3 is 6.18 Å². The third kappa shape index (κ3) is 9.08. The molecule has 1 saturated heterocycles. The van der Waals surface area contributed by atoms with Crippen molar-refractivity contribution in [2.45, 2.75) is 19.1 Å². The summed E-state index contributed by atoms with van der Waals surface area (Å²) in [4.78, 5) is 6.84. The van der Waals surface area contributed by atoms with Gasteiger partial charge in [0.05, 0.1) is 31.6 Å². The zero-order valence-corrected chi connectivity index (χ0v) is 19.5. The van der Waals surface area contributed by atoms with Gasteiger partial charge in [0, 0.05) is 39.1 Å². The number of nitrogens with one attached hydrogen (secondary N) is 2. The van der Waals surface area contributed by atoms with Crippen LogP contribution in [0.1, 0.15) is 16.9 Å². The average Bonchev–Trinajstić information content (AvgIpc) is 3.25. The maximum atomic E-state index is 12.7. The van der Waals surface area contributed by atoms with Crippen molar-refractivity contribution in [2.75, 3.05) is 45.9 Å². The minimum Gasteiger partial charge on any atom is -0.469 e. The van der Waals surface area contributed by atoms with Crippen LogP contribution in [-0.2, 0) is 23.9 Å². The number of hydrogen-bond donors (Lipinski definition) is 2. The average molecular weight is 552 g/mol. The number of nitrogens with zero attached hydrogens (tertiary/aromatic N) is 2. The second kappa shape index (κ2) is 12.9. The van der Waals surface area contributed by atoms with E-state index in [4.69, 9.17) is 9.15 Å². The van der Waals surface area contributed by atoms with Crippen LogP contribution in [0.3, 0.4) is 0 Å². The van der Waals surface area contributed by atoms with Gasteiger partial charge in [-0.05, 0) is 29.8 Å². The molecule has 1 aliphatic rings. The maximum Gasteiger partial charge on any atom is 0.416 e. The minimum absolute atomic E-state index is 0. The van der Waals surface area contributed by atoms with Crippen molar-refractivity contribution in [3.05, 3.63) is 59.5 Å². The van der Waals surface area contributed by atoms with Gasteiger partial charge in [-0.2, -0.15) is 13.2 Å². The van der Waals surface area contributed by atoms with Gasteiger partial charge in [0.25, 0.3) is 0 Å². The Morgan fingerprint density at radius 2 is 1.74 bits per heavy atom. The molecule has 0 unspecified atom stereocenters. The number of aliphatic imine (C=N–C) groups is 1. The second-order valence-electron chi connectivity index (χ2n) is 7.00. The van der Waals surface area contributed by atoms with E-state index < -0.39 is 11.7 Å². The Balaban J connectivity index is 0.00000341. The summed E-state index contributed by atoms with van der Waals surface area (Å²) >= 11 is 0. The highest BCUT2D eigenvalue weighted by Gasteiger charge is 2.29. The van der Waals surface area contributed by atoms with Crippen LogP contribution in [0.2, 0.25) is 0 Å². The first-order valence-electron chi connectivity index (χ1n) is 10.0. The lowest BCUT2D eigenvalue weighted by atomic mass is 10.1. The topological polar surface area (TPSA) is 62.0 Å². The number of benzene rings is 1. The lowest BCUT2D eigenvalue weighted by Crippen LogP contribution is -2.44. The van der Waals surface area contributed by atoms with Crippen LogP contribution in [-0.4, -0.2) is 56.8 Å². The van der Waals surface area contributed by atoms with Crippen LogP contribution in [0.5, 0.6) is 0 Å². The smallest absolute Gasteiger partial charge is 0.416 e. The summed E-state index contributed by atoms with van der Waals surface area (Å²) in [5, 5.41) is 6.56. The fourth-order valence-electron chi connectivity index (χ4n) is 3.06. The number of halogens is 4. The molecule has 6 nitrogen and oxygen atoms in total. The van der Waals surface area contributed by atoms with Gasteiger partial charge in [-0.3, -0.25) is 4.90 Å². The van der Waals surface area contributed by atoms with Crippen molar-refractivity contribution in [3.63, 3.8) is 0 Å². The normalized spacial score (nSPS) is 15.4. The molecule has 172 valence electrons. The number of alkyl halides is 3. The number of guanidine groups is 1. The van der Waals surface area contributed by atoms with Crippen molar-refractivity contribution in [3.8, 4) is 0 Å². The molecule has 1 aliphatic heterocycles. The highest BCUT2D eigenvalue weighted by atomic mass is 127. The molecule has 0 spiro atoms. The first kappa shape index (κ1) is 25.5. The SMILES string of the molecule is FC(F)(F)c1ccc(CN=C(NCCc2ccco2)NCCN2CCOCC2)cc1.I. The number of furan rings is 1. The van der Waals surface area contributed by atoms with E-state index in [9.17, 15) is 13.2 Å². The van der Waals surface area contributed by atoms with E-state index in [-0.39, 0.29) is 30.5 Å². The molecule has 10 heteroatoms. The largest absolute Gasteiger partial charge is 0.469 e. The Bertz CT molecular complexity index is 777. The molecule has 0 amide bonds. The lowest BCUT2D eigenvalue weighted by Gasteiger charge is -2.26. The fraction of sp³-hybridized carbons (Fsp3) is 0.476. The summed E-state index contributed by atoms with van der Waals surface area (Å²) in [6.45, 7) is 5.79. The summed E-state index contributed by atoms with van der Waals surface area (Å²) < 4.78 is 48.8. The zero-order chi connectivity index (χ0) is 21.2. The van der Waals surface area contributed by atoms with E-state index in [2.05, 4.69) is 20.5 Å². The van der Waals surface area contributed by atoms with Crippen LogP contribution in [0.4, 0.5) is 13.2 Å². The Labute approximate surface area is 197 Å². The van der Waals surface area contributed by atoms with Crippen LogP contribution in [0.15, 0.2) is 52.1 Å². The van der Waals surface area contributed by atoms with Gasteiger partial charge in [-0.15, -0.1) is 24.0 Å². The Morgan fingerprint density at radius 3 is 2.39 bits per heavy atom. The summed E-state index contributed by atoms with van der Waals surface area (Å²) in [6.07, 6.45) is -1.99. The molecule has 3 rings (SSSR count). The molecule has 0 aliphatic carbocycles. The Hall–Kier alpha value is -1.79. The molecule has 31 heavy (non-hydrogen) atoms. The van der Waals surface area contributed by atoms with Gasteiger partial charge in [-0.1, -0.05) is 12.1 Å². The van der Waals surface area contributed by atoms with Crippen molar-refractivity contribution >= 4 is 29.9 Å². The standard InChI is InChI=1S/C21H27F3N4O2.HI/c22-21(23,24)18-5-3-17(4-6-18)16-27-20(25-8-7-19-2-1-13-30-19)26-9-10-28-11-14-29-15-12-28;/h1-6,13H,7-12,14-16H2,(H2,25,26,27);1H. The number of ether oxygens (including phenoxy) is 1. The molecule has 2 aromatic rings. The monoisotopic (exact) mass is 552 g/mol. The van der Waals surface area contributed by atoms with E-state index >= 15 is 0 Å². The molecule has 0 saturated carbocycles. The Kier molecular flexibility index (Phi) is 10.6. The third-order valence-corrected chi connectivity index (χ3v) is 4.77. The van der Waals surface area contributed by atoms with Crippen molar-refractivity contribution in [1.82, 2.24) is 15.5 Å². The molecule has 1 aromatic carbocycles. The molecular formula is C21H28F3IN4O2. The summed E-state index contributed by atoms with van der Waals surface area (Å²) in [5.41, 5.74) is 0.0546. The van der Waals surface area contributed by atoms with Gasteiger partial charge in [0.2, 0.25) is 0 Å². The minimum atomic E-state index is -4.33. The van der Waals surface area contributed by atoms with Crippen molar-refractivity contribution < 1.29 is 22.3 Å². The van der Waals surface area contributed by atoms with E-state index in [1.165, 1.54) is 12.1 Å². The number of morpholine rings is 1. The number of hydrogen-bond acceptors (Lipinski definition) is 4. The second-order valence-corrected chi connectivity index (χ2v) is 7.00. The number of rotatable bonds is 8. The summed E-state index contributed by atoms with van der Waals surface area (Å²) in [7, 11) is 0. The van der Waals surface area contributed by atoms with Gasteiger partial charge in [0.15, 0.2) is 5.96 Å². The predicted molar refractivity (Wildman–Crippen MR) is 124 cm³/mol. The molecule has 2 heterocycles. The predicted octanol–water partition coefficient (Wildman–Crippen LogP) is 3.53. The molecule has 0 atom stereocenters. The fourth-order valence-corrected chi connectivity index (χ4v) is 3.06. The molecule has 1 aromatic heterocycles. The highest BCUT2D eigenvalue weighted by molar-refractivity contribution is 14.0. The van der Waals surface area contributed by atoms with Crippen LogP contribution in [0.25, 0.3) is 0 Å². The molecule has 0 bridgehead atoms. The van der Waals surface area contributed by atoms with Gasteiger partial charge in [0.1, 0.15) is 5.76 Å². The van der Waals surface area contributed by atoms with Gasteiger partial charge < -0.3 is 19.8 Å². The maximum absolute atomic E-state index is 12.7. The van der Waals surface area contributed by atoms with Crippen LogP contribution < -0.4 is 10.6 Å². The lowest BCUT2D eigenvalue weighted by molar-refractivity contribution is -0.137. The third-order valence-electron chi connectivity index (χ3n) is 4.77. The van der Waals surface area contributed by atoms with Crippen molar-refractivity contribution in [1.29, 1.82) is 0 Å².